The van der Waals surface area contributed by atoms with Gasteiger partial charge in [0.25, 0.3) is 0 Å². The topological polar surface area (TPSA) is 56.5 Å². The Bertz CT molecular complexity index is 581. The molecule has 5 heteroatoms. The molecule has 1 unspecified atom stereocenters. The Morgan fingerprint density at radius 1 is 1.29 bits per heavy atom. The maximum absolute atomic E-state index is 10.5. The van der Waals surface area contributed by atoms with Crippen LogP contribution in [0.25, 0.3) is 0 Å². The Balaban J connectivity index is 2.19. The maximum atomic E-state index is 10.5. The van der Waals surface area contributed by atoms with E-state index >= 15 is 0 Å². The quantitative estimate of drug-likeness (QED) is 0.851. The van der Waals surface area contributed by atoms with Crippen LogP contribution in [-0.4, -0.2) is 28.9 Å². The van der Waals surface area contributed by atoms with E-state index in [2.05, 4.69) is 16.5 Å². The number of benzene rings is 1. The van der Waals surface area contributed by atoms with E-state index in [0.717, 1.165) is 24.4 Å². The first kappa shape index (κ1) is 15.4. The summed E-state index contributed by atoms with van der Waals surface area (Å²) in [7, 11) is 3.19. The first-order valence-electron chi connectivity index (χ1n) is 7.09. The Labute approximate surface area is 125 Å². The lowest BCUT2D eigenvalue weighted by Crippen LogP contribution is -2.10. The van der Waals surface area contributed by atoms with Crippen molar-refractivity contribution in [2.24, 2.45) is 0 Å². The highest BCUT2D eigenvalue weighted by atomic mass is 16.5. The second-order valence-corrected chi connectivity index (χ2v) is 4.86. The molecule has 0 spiro atoms. The van der Waals surface area contributed by atoms with Crippen LogP contribution in [0.1, 0.15) is 30.8 Å². The first-order chi connectivity index (χ1) is 10.2. The molecule has 2 rings (SSSR count). The van der Waals surface area contributed by atoms with Gasteiger partial charge in [-0.3, -0.25) is 0 Å². The van der Waals surface area contributed by atoms with Gasteiger partial charge in [0.15, 0.2) is 0 Å². The zero-order chi connectivity index (χ0) is 15.2. The fraction of sp³-hybridized carbons (Fsp3) is 0.438. The highest BCUT2D eigenvalue weighted by Crippen LogP contribution is 2.30. The molecule has 0 amide bonds. The summed E-state index contributed by atoms with van der Waals surface area (Å²) >= 11 is 0. The number of aliphatic hydroxyl groups excluding tert-OH is 1. The van der Waals surface area contributed by atoms with Gasteiger partial charge in [-0.05, 0) is 18.6 Å². The molecule has 0 fully saturated rings. The molecule has 1 atom stereocenters. The molecule has 0 saturated heterocycles. The van der Waals surface area contributed by atoms with E-state index in [1.54, 1.807) is 26.5 Å². The van der Waals surface area contributed by atoms with Crippen molar-refractivity contribution in [1.29, 1.82) is 0 Å². The van der Waals surface area contributed by atoms with Crippen molar-refractivity contribution >= 4 is 0 Å². The molecule has 0 saturated carbocycles. The van der Waals surface area contributed by atoms with Crippen LogP contribution < -0.4 is 9.47 Å². The molecular formula is C16H22N2O3. The molecule has 1 heterocycles. The molecule has 1 aromatic carbocycles. The van der Waals surface area contributed by atoms with Gasteiger partial charge in [0.05, 0.1) is 20.3 Å². The van der Waals surface area contributed by atoms with Gasteiger partial charge in [-0.1, -0.05) is 6.92 Å². The minimum Gasteiger partial charge on any atom is -0.497 e. The average molecular weight is 290 g/mol. The number of methoxy groups -OCH3 is 2. The average Bonchev–Trinajstić information content (AvgIpc) is 2.94. The van der Waals surface area contributed by atoms with Crippen LogP contribution in [0.5, 0.6) is 11.5 Å². The summed E-state index contributed by atoms with van der Waals surface area (Å²) in [4.78, 5) is 4.33. The molecule has 0 bridgehead atoms. The van der Waals surface area contributed by atoms with Crippen LogP contribution in [0, 0.1) is 0 Å². The summed E-state index contributed by atoms with van der Waals surface area (Å²) in [6.07, 6.45) is 4.53. The zero-order valence-electron chi connectivity index (χ0n) is 12.7. The van der Waals surface area contributed by atoms with E-state index < -0.39 is 6.10 Å². The third-order valence-electron chi connectivity index (χ3n) is 3.44. The van der Waals surface area contributed by atoms with Crippen LogP contribution in [-0.2, 0) is 13.0 Å². The molecule has 21 heavy (non-hydrogen) atoms. The molecule has 0 aliphatic rings. The van der Waals surface area contributed by atoms with E-state index in [4.69, 9.17) is 9.47 Å². The number of aliphatic hydroxyl groups is 1. The Morgan fingerprint density at radius 3 is 2.76 bits per heavy atom. The van der Waals surface area contributed by atoms with Crippen LogP contribution in [0.15, 0.2) is 30.6 Å². The van der Waals surface area contributed by atoms with Crippen molar-refractivity contribution in [2.75, 3.05) is 14.2 Å². The number of aryl methyl sites for hydroxylation is 1. The standard InChI is InChI=1S/C16H22N2O3/c1-4-8-18-9-7-17-16(18)11-14(19)13-6-5-12(20-2)10-15(13)21-3/h5-7,9-10,14,19H,4,8,11H2,1-3H3. The molecule has 0 radical (unpaired) electrons. The van der Waals surface area contributed by atoms with Crippen LogP contribution in [0.4, 0.5) is 0 Å². The summed E-state index contributed by atoms with van der Waals surface area (Å²) in [6, 6.07) is 5.42. The number of hydrogen-bond donors (Lipinski definition) is 1. The summed E-state index contributed by atoms with van der Waals surface area (Å²) in [6.45, 7) is 3.02. The van der Waals surface area contributed by atoms with Crippen molar-refractivity contribution in [3.8, 4) is 11.5 Å². The molecule has 2 aromatic rings. The lowest BCUT2D eigenvalue weighted by Gasteiger charge is -2.16. The third kappa shape index (κ3) is 3.55. The van der Waals surface area contributed by atoms with Crippen molar-refractivity contribution in [1.82, 2.24) is 9.55 Å². The number of imidazole rings is 1. The summed E-state index contributed by atoms with van der Waals surface area (Å²) in [5.74, 6) is 2.20. The van der Waals surface area contributed by atoms with Gasteiger partial charge < -0.3 is 19.1 Å². The second-order valence-electron chi connectivity index (χ2n) is 4.86. The Hall–Kier alpha value is -2.01. The van der Waals surface area contributed by atoms with Crippen LogP contribution >= 0.6 is 0 Å². The van der Waals surface area contributed by atoms with Gasteiger partial charge in [0, 0.05) is 37.0 Å². The zero-order valence-corrected chi connectivity index (χ0v) is 12.7. The van der Waals surface area contributed by atoms with Crippen molar-refractivity contribution in [3.05, 3.63) is 42.0 Å². The lowest BCUT2D eigenvalue weighted by molar-refractivity contribution is 0.170. The monoisotopic (exact) mass is 290 g/mol. The molecule has 0 aliphatic heterocycles. The van der Waals surface area contributed by atoms with E-state index in [0.29, 0.717) is 17.9 Å². The minimum atomic E-state index is -0.663. The largest absolute Gasteiger partial charge is 0.497 e. The predicted octanol–water partition coefficient (Wildman–Crippen LogP) is 2.59. The van der Waals surface area contributed by atoms with Gasteiger partial charge in [0.1, 0.15) is 17.3 Å². The maximum Gasteiger partial charge on any atom is 0.128 e. The summed E-state index contributed by atoms with van der Waals surface area (Å²) in [5, 5.41) is 10.5. The normalized spacial score (nSPS) is 12.2. The molecular weight excluding hydrogens is 268 g/mol. The summed E-state index contributed by atoms with van der Waals surface area (Å²) < 4.78 is 12.6. The van der Waals surface area contributed by atoms with E-state index in [9.17, 15) is 5.11 Å². The number of rotatable bonds is 7. The van der Waals surface area contributed by atoms with Gasteiger partial charge in [0.2, 0.25) is 0 Å². The van der Waals surface area contributed by atoms with Gasteiger partial charge in [-0.2, -0.15) is 0 Å². The van der Waals surface area contributed by atoms with E-state index in [-0.39, 0.29) is 0 Å². The van der Waals surface area contributed by atoms with Gasteiger partial charge in [-0.25, -0.2) is 4.98 Å². The first-order valence-corrected chi connectivity index (χ1v) is 7.09. The predicted molar refractivity (Wildman–Crippen MR) is 80.7 cm³/mol. The van der Waals surface area contributed by atoms with Crippen LogP contribution in [0.2, 0.25) is 0 Å². The fourth-order valence-electron chi connectivity index (χ4n) is 2.35. The number of ether oxygens (including phenoxy) is 2. The highest BCUT2D eigenvalue weighted by Gasteiger charge is 2.17. The Kier molecular flexibility index (Phi) is 5.22. The van der Waals surface area contributed by atoms with Crippen LogP contribution in [0.3, 0.4) is 0 Å². The van der Waals surface area contributed by atoms with Gasteiger partial charge in [-0.15, -0.1) is 0 Å². The molecule has 5 nitrogen and oxygen atoms in total. The Morgan fingerprint density at radius 2 is 2.10 bits per heavy atom. The molecule has 1 aromatic heterocycles. The number of hydrogen-bond acceptors (Lipinski definition) is 4. The molecule has 0 aliphatic carbocycles. The molecule has 1 N–H and O–H groups in total. The SMILES string of the molecule is CCCn1ccnc1CC(O)c1ccc(OC)cc1OC. The molecule has 114 valence electrons. The fourth-order valence-corrected chi connectivity index (χ4v) is 2.35. The van der Waals surface area contributed by atoms with Crippen molar-refractivity contribution in [3.63, 3.8) is 0 Å². The lowest BCUT2D eigenvalue weighted by atomic mass is 10.0. The second kappa shape index (κ2) is 7.13. The number of nitrogens with zero attached hydrogens (tertiary/aromatic N) is 2. The van der Waals surface area contributed by atoms with Crippen molar-refractivity contribution in [2.45, 2.75) is 32.4 Å². The smallest absolute Gasteiger partial charge is 0.128 e. The minimum absolute atomic E-state index is 0.454. The highest BCUT2D eigenvalue weighted by molar-refractivity contribution is 5.42. The van der Waals surface area contributed by atoms with Gasteiger partial charge >= 0.3 is 0 Å². The third-order valence-corrected chi connectivity index (χ3v) is 3.44. The number of aromatic nitrogens is 2. The van der Waals surface area contributed by atoms with Crippen molar-refractivity contribution < 1.29 is 14.6 Å². The summed E-state index contributed by atoms with van der Waals surface area (Å²) in [5.41, 5.74) is 0.740. The van der Waals surface area contributed by atoms with E-state index in [1.807, 2.05) is 18.3 Å². The van der Waals surface area contributed by atoms with E-state index in [1.165, 1.54) is 0 Å².